The highest BCUT2D eigenvalue weighted by Crippen LogP contribution is 2.45. The van der Waals surface area contributed by atoms with E-state index in [1.54, 1.807) is 0 Å². The van der Waals surface area contributed by atoms with Gasteiger partial charge in [0.15, 0.2) is 7.14 Å². The molecule has 0 aliphatic rings. The lowest BCUT2D eigenvalue weighted by Crippen LogP contribution is -2.25. The number of hydrogen-bond donors (Lipinski definition) is 0. The van der Waals surface area contributed by atoms with E-state index >= 15 is 4.57 Å². The Hall–Kier alpha value is -6.65. The molecular formula is C44H27N4OP. The highest BCUT2D eigenvalue weighted by molar-refractivity contribution is 7.85. The molecule has 234 valence electrons. The first-order valence-electron chi connectivity index (χ1n) is 16.3. The van der Waals surface area contributed by atoms with Crippen molar-refractivity contribution in [1.29, 1.82) is 10.5 Å². The highest BCUT2D eigenvalue weighted by Gasteiger charge is 2.31. The van der Waals surface area contributed by atoms with Crippen LogP contribution >= 0.6 is 7.14 Å². The van der Waals surface area contributed by atoms with Gasteiger partial charge in [0.2, 0.25) is 0 Å². The Balaban J connectivity index is 1.34. The summed E-state index contributed by atoms with van der Waals surface area (Å²) in [6, 6.07) is 58.3. The molecule has 0 saturated carbocycles. The van der Waals surface area contributed by atoms with Crippen LogP contribution < -0.4 is 15.9 Å². The van der Waals surface area contributed by atoms with Crippen LogP contribution in [-0.4, -0.2) is 9.13 Å². The van der Waals surface area contributed by atoms with Crippen molar-refractivity contribution < 1.29 is 4.57 Å². The summed E-state index contributed by atoms with van der Waals surface area (Å²) in [4.78, 5) is 0. The molecule has 0 spiro atoms. The second-order valence-electron chi connectivity index (χ2n) is 12.4. The normalized spacial score (nSPS) is 11.6. The maximum Gasteiger partial charge on any atom is 0.171 e. The molecule has 0 saturated heterocycles. The molecule has 5 nitrogen and oxygen atoms in total. The fraction of sp³-hybridized carbons (Fsp3) is 0. The number of para-hydroxylation sites is 2. The number of fused-ring (bicyclic) bond motifs is 6. The number of nitriles is 2. The van der Waals surface area contributed by atoms with Gasteiger partial charge in [-0.2, -0.15) is 10.5 Å². The minimum absolute atomic E-state index is 0.568. The second kappa shape index (κ2) is 11.5. The Bertz CT molecular complexity index is 2730. The number of nitrogens with zero attached hydrogens (tertiary/aromatic N) is 4. The van der Waals surface area contributed by atoms with Crippen LogP contribution in [0.5, 0.6) is 0 Å². The molecule has 0 radical (unpaired) electrons. The lowest BCUT2D eigenvalue weighted by Gasteiger charge is -2.21. The summed E-state index contributed by atoms with van der Waals surface area (Å²) in [5.74, 6) is 0. The average Bonchev–Trinajstić information content (AvgIpc) is 3.69. The van der Waals surface area contributed by atoms with Crippen LogP contribution in [0.25, 0.3) is 55.0 Å². The van der Waals surface area contributed by atoms with Gasteiger partial charge in [0.25, 0.3) is 0 Å². The van der Waals surface area contributed by atoms with Crippen molar-refractivity contribution >= 4 is 66.7 Å². The predicted molar refractivity (Wildman–Crippen MR) is 204 cm³/mol. The van der Waals surface area contributed by atoms with Crippen molar-refractivity contribution in [3.05, 3.63) is 175 Å². The Labute approximate surface area is 288 Å². The van der Waals surface area contributed by atoms with Crippen molar-refractivity contribution in [2.24, 2.45) is 0 Å². The Morgan fingerprint density at radius 2 is 0.760 bits per heavy atom. The van der Waals surface area contributed by atoms with Crippen molar-refractivity contribution in [3.63, 3.8) is 0 Å². The number of hydrogen-bond acceptors (Lipinski definition) is 3. The molecule has 7 aromatic carbocycles. The molecule has 0 unspecified atom stereocenters. The molecule has 0 aliphatic carbocycles. The molecule has 0 bridgehead atoms. The predicted octanol–water partition coefficient (Wildman–Crippen LogP) is 9.26. The maximum atomic E-state index is 16.1. The quantitative estimate of drug-likeness (QED) is 0.173. The van der Waals surface area contributed by atoms with Crippen molar-refractivity contribution in [3.8, 4) is 23.5 Å². The van der Waals surface area contributed by atoms with Gasteiger partial charge in [0.05, 0.1) is 45.3 Å². The van der Waals surface area contributed by atoms with Crippen molar-refractivity contribution in [1.82, 2.24) is 9.13 Å². The van der Waals surface area contributed by atoms with E-state index in [9.17, 15) is 10.5 Å². The zero-order chi connectivity index (χ0) is 33.8. The number of rotatable bonds is 5. The third-order valence-electron chi connectivity index (χ3n) is 9.63. The van der Waals surface area contributed by atoms with E-state index in [4.69, 9.17) is 0 Å². The molecule has 9 aromatic rings. The molecule has 0 atom stereocenters. The summed E-state index contributed by atoms with van der Waals surface area (Å²) in [6.45, 7) is 0. The van der Waals surface area contributed by atoms with Crippen LogP contribution in [0, 0.1) is 22.7 Å². The SMILES string of the molecule is N#Cc1ccc2c(c1)c1cc(P(=O)(c3ccccc3)c3ccc4c(c3)c3cc(C#N)ccc3n4-c3ccccc3)ccc1n2-c1ccccc1. The molecule has 0 N–H and O–H groups in total. The number of aromatic nitrogens is 2. The first kappa shape index (κ1) is 29.5. The third kappa shape index (κ3) is 4.42. The molecule has 6 heteroatoms. The van der Waals surface area contributed by atoms with Gasteiger partial charge in [0, 0.05) is 48.8 Å². The second-order valence-corrected chi connectivity index (χ2v) is 15.1. The van der Waals surface area contributed by atoms with Gasteiger partial charge in [-0.3, -0.25) is 0 Å². The van der Waals surface area contributed by atoms with Crippen LogP contribution in [0.1, 0.15) is 11.1 Å². The lowest BCUT2D eigenvalue weighted by atomic mass is 10.1. The van der Waals surface area contributed by atoms with E-state index in [1.165, 1.54) is 0 Å². The van der Waals surface area contributed by atoms with Crippen molar-refractivity contribution in [2.45, 2.75) is 0 Å². The zero-order valence-electron chi connectivity index (χ0n) is 26.7. The minimum atomic E-state index is -3.45. The fourth-order valence-corrected chi connectivity index (χ4v) is 10.0. The van der Waals surface area contributed by atoms with Crippen LogP contribution in [0.3, 0.4) is 0 Å². The van der Waals surface area contributed by atoms with Crippen molar-refractivity contribution in [2.75, 3.05) is 0 Å². The maximum absolute atomic E-state index is 16.1. The summed E-state index contributed by atoms with van der Waals surface area (Å²) in [5, 5.41) is 25.5. The Morgan fingerprint density at radius 1 is 0.400 bits per heavy atom. The van der Waals surface area contributed by atoms with E-state index < -0.39 is 7.14 Å². The molecule has 2 aromatic heterocycles. The van der Waals surface area contributed by atoms with E-state index in [0.29, 0.717) is 21.7 Å². The van der Waals surface area contributed by atoms with Crippen LogP contribution in [0.15, 0.2) is 164 Å². The smallest absolute Gasteiger partial charge is 0.171 e. The van der Waals surface area contributed by atoms with E-state index in [1.807, 2.05) is 115 Å². The Morgan fingerprint density at radius 3 is 1.16 bits per heavy atom. The molecule has 50 heavy (non-hydrogen) atoms. The van der Waals surface area contributed by atoms with Crippen LogP contribution in [-0.2, 0) is 4.57 Å². The summed E-state index contributed by atoms with van der Waals surface area (Å²) >= 11 is 0. The summed E-state index contributed by atoms with van der Waals surface area (Å²) < 4.78 is 20.4. The summed E-state index contributed by atoms with van der Waals surface area (Å²) in [7, 11) is -3.45. The first-order chi connectivity index (χ1) is 24.6. The molecule has 0 amide bonds. The fourth-order valence-electron chi connectivity index (χ4n) is 7.35. The molecule has 0 aliphatic heterocycles. The molecule has 2 heterocycles. The van der Waals surface area contributed by atoms with Gasteiger partial charge in [-0.05, 0) is 97.1 Å². The summed E-state index contributed by atoms with van der Waals surface area (Å²) in [5.41, 5.74) is 7.03. The van der Waals surface area contributed by atoms with Crippen LogP contribution in [0.4, 0.5) is 0 Å². The third-order valence-corrected chi connectivity index (χ3v) is 12.7. The van der Waals surface area contributed by atoms with Gasteiger partial charge in [-0.25, -0.2) is 0 Å². The molecule has 9 rings (SSSR count). The average molecular weight is 659 g/mol. The van der Waals surface area contributed by atoms with Gasteiger partial charge in [0.1, 0.15) is 0 Å². The zero-order valence-corrected chi connectivity index (χ0v) is 27.6. The largest absolute Gasteiger partial charge is 0.309 e. The summed E-state index contributed by atoms with van der Waals surface area (Å²) in [6.07, 6.45) is 0. The first-order valence-corrected chi connectivity index (χ1v) is 18.0. The topological polar surface area (TPSA) is 74.5 Å². The standard InChI is InChI=1S/C44H27N4OP/c45-28-30-16-20-41-37(24-30)39-26-35(18-22-43(39)47(41)32-10-4-1-5-11-32)50(49,34-14-8-3-9-15-34)36-19-23-44-40(27-36)38-25-31(29-46)17-21-42(38)48(44)33-12-6-2-7-13-33/h1-27H. The molecule has 0 fully saturated rings. The minimum Gasteiger partial charge on any atom is -0.309 e. The highest BCUT2D eigenvalue weighted by atomic mass is 31.2. The van der Waals surface area contributed by atoms with E-state index in [2.05, 4.69) is 69.8 Å². The van der Waals surface area contributed by atoms with E-state index in [-0.39, 0.29) is 0 Å². The van der Waals surface area contributed by atoms with Gasteiger partial charge >= 0.3 is 0 Å². The van der Waals surface area contributed by atoms with Gasteiger partial charge in [-0.15, -0.1) is 0 Å². The Kier molecular flexibility index (Phi) is 6.78. The van der Waals surface area contributed by atoms with Gasteiger partial charge < -0.3 is 13.7 Å². The number of benzene rings is 7. The molecular weight excluding hydrogens is 631 g/mol. The van der Waals surface area contributed by atoms with Crippen LogP contribution in [0.2, 0.25) is 0 Å². The van der Waals surface area contributed by atoms with Gasteiger partial charge in [-0.1, -0.05) is 66.7 Å². The monoisotopic (exact) mass is 658 g/mol. The lowest BCUT2D eigenvalue weighted by molar-refractivity contribution is 0.592. The van der Waals surface area contributed by atoms with E-state index in [0.717, 1.165) is 60.3 Å².